The first-order valence-electron chi connectivity index (χ1n) is 8.66. The first-order chi connectivity index (χ1) is 11.8. The minimum atomic E-state index is 0.920. The summed E-state index contributed by atoms with van der Waals surface area (Å²) in [5.74, 6) is 0. The van der Waals surface area contributed by atoms with Gasteiger partial charge in [-0.1, -0.05) is 74.5 Å². The van der Waals surface area contributed by atoms with Crippen LogP contribution >= 0.6 is 0 Å². The lowest BCUT2D eigenvalue weighted by Gasteiger charge is -2.07. The Morgan fingerprint density at radius 1 is 0.917 bits per heavy atom. The lowest BCUT2D eigenvalue weighted by molar-refractivity contribution is 1.39. The average Bonchev–Trinajstić information content (AvgIpc) is 3.07. The highest BCUT2D eigenvalue weighted by Crippen LogP contribution is 2.31. The molecule has 1 heteroatoms. The minimum Gasteiger partial charge on any atom is -0.252 e. The van der Waals surface area contributed by atoms with Crippen LogP contribution in [-0.4, -0.2) is 5.71 Å². The zero-order chi connectivity index (χ0) is 16.9. The van der Waals surface area contributed by atoms with Gasteiger partial charge in [0, 0.05) is 12.0 Å². The second kappa shape index (κ2) is 7.27. The number of aliphatic imine (C=N–C) groups is 1. The molecule has 1 heterocycles. The van der Waals surface area contributed by atoms with Gasteiger partial charge in [-0.05, 0) is 41.0 Å². The fourth-order valence-electron chi connectivity index (χ4n) is 3.13. The van der Waals surface area contributed by atoms with E-state index in [0.29, 0.717) is 0 Å². The largest absolute Gasteiger partial charge is 0.252 e. The van der Waals surface area contributed by atoms with E-state index in [9.17, 15) is 0 Å². The van der Waals surface area contributed by atoms with Crippen LogP contribution in [0.4, 0.5) is 5.69 Å². The monoisotopic (exact) mass is 313 g/mol. The Morgan fingerprint density at radius 2 is 1.75 bits per heavy atom. The molecule has 0 radical (unpaired) electrons. The maximum Gasteiger partial charge on any atom is 0.0669 e. The summed E-state index contributed by atoms with van der Waals surface area (Å²) in [4.78, 5) is 4.85. The second-order valence-corrected chi connectivity index (χ2v) is 5.65. The molecular formula is C23H23N. The molecule has 24 heavy (non-hydrogen) atoms. The Bertz CT molecular complexity index is 916. The molecule has 0 saturated heterocycles. The number of hydrogen-bond acceptors (Lipinski definition) is 1. The van der Waals surface area contributed by atoms with Crippen molar-refractivity contribution in [1.82, 2.24) is 0 Å². The van der Waals surface area contributed by atoms with Crippen LogP contribution in [0.1, 0.15) is 37.5 Å². The summed E-state index contributed by atoms with van der Waals surface area (Å²) in [6.07, 6.45) is 5.14. The molecule has 0 unspecified atom stereocenters. The topological polar surface area (TPSA) is 12.4 Å². The summed E-state index contributed by atoms with van der Waals surface area (Å²) in [5.41, 5.74) is 6.08. The number of nitrogens with zero attached hydrogens (tertiary/aromatic N) is 1. The summed E-state index contributed by atoms with van der Waals surface area (Å²) in [6, 6.07) is 21.5. The van der Waals surface area contributed by atoms with E-state index in [-0.39, 0.29) is 0 Å². The van der Waals surface area contributed by atoms with E-state index in [1.807, 2.05) is 20.8 Å². The number of para-hydroxylation sites is 1. The third-order valence-electron chi connectivity index (χ3n) is 4.18. The number of allylic oxidation sites excluding steroid dienone is 1. The molecule has 3 aromatic carbocycles. The maximum absolute atomic E-state index is 4.85. The summed E-state index contributed by atoms with van der Waals surface area (Å²) in [6.45, 7) is 6.05. The van der Waals surface area contributed by atoms with Crippen molar-refractivity contribution in [2.75, 3.05) is 0 Å². The third-order valence-corrected chi connectivity index (χ3v) is 4.18. The lowest BCUT2D eigenvalue weighted by atomic mass is 9.96. The van der Waals surface area contributed by atoms with Gasteiger partial charge in [0.1, 0.15) is 0 Å². The highest BCUT2D eigenvalue weighted by atomic mass is 14.8. The van der Waals surface area contributed by atoms with E-state index >= 15 is 0 Å². The molecule has 0 amide bonds. The van der Waals surface area contributed by atoms with Gasteiger partial charge in [0.05, 0.1) is 11.4 Å². The Kier molecular flexibility index (Phi) is 4.90. The van der Waals surface area contributed by atoms with E-state index in [0.717, 1.165) is 12.1 Å². The highest BCUT2D eigenvalue weighted by Gasteiger charge is 2.17. The van der Waals surface area contributed by atoms with Crippen molar-refractivity contribution in [3.05, 3.63) is 83.4 Å². The number of fused-ring (bicyclic) bond motifs is 2. The molecular weight excluding hydrogens is 290 g/mol. The number of benzene rings is 3. The molecule has 0 fully saturated rings. The van der Waals surface area contributed by atoms with Gasteiger partial charge in [0.25, 0.3) is 0 Å². The van der Waals surface area contributed by atoms with Gasteiger partial charge in [-0.2, -0.15) is 0 Å². The van der Waals surface area contributed by atoms with Gasteiger partial charge in [-0.15, -0.1) is 0 Å². The van der Waals surface area contributed by atoms with Crippen molar-refractivity contribution in [3.8, 4) is 0 Å². The Balaban J connectivity index is 0.000000815. The van der Waals surface area contributed by atoms with E-state index in [4.69, 9.17) is 4.99 Å². The van der Waals surface area contributed by atoms with Crippen molar-refractivity contribution >= 4 is 28.2 Å². The lowest BCUT2D eigenvalue weighted by Crippen LogP contribution is -2.01. The Hall–Kier alpha value is -2.67. The molecule has 0 N–H and O–H groups in total. The highest BCUT2D eigenvalue weighted by molar-refractivity contribution is 6.14. The SMILES string of the molecule is C/C=C/c1ccc2cccc(C3=Nc4ccccc4C3)c2c1.CC. The normalized spacial score (nSPS) is 12.7. The molecule has 0 bridgehead atoms. The quantitative estimate of drug-likeness (QED) is 0.507. The van der Waals surface area contributed by atoms with Crippen molar-refractivity contribution in [2.45, 2.75) is 27.2 Å². The first-order valence-corrected chi connectivity index (χ1v) is 8.66. The molecule has 4 rings (SSSR count). The number of rotatable bonds is 2. The predicted octanol–water partition coefficient (Wildman–Crippen LogP) is 6.58. The van der Waals surface area contributed by atoms with E-state index in [1.54, 1.807) is 0 Å². The zero-order valence-corrected chi connectivity index (χ0v) is 14.6. The molecule has 120 valence electrons. The fourth-order valence-corrected chi connectivity index (χ4v) is 3.13. The van der Waals surface area contributed by atoms with E-state index in [2.05, 4.69) is 72.8 Å². The Labute approximate surface area is 144 Å². The van der Waals surface area contributed by atoms with Crippen LogP contribution in [0.3, 0.4) is 0 Å². The van der Waals surface area contributed by atoms with Gasteiger partial charge in [0.15, 0.2) is 0 Å². The third kappa shape index (κ3) is 3.03. The van der Waals surface area contributed by atoms with Crippen LogP contribution in [0.25, 0.3) is 16.8 Å². The summed E-state index contributed by atoms with van der Waals surface area (Å²) >= 11 is 0. The van der Waals surface area contributed by atoms with Crippen LogP contribution < -0.4 is 0 Å². The standard InChI is InChI=1S/C21H17N.C2H6/c1-2-6-15-11-12-16-8-5-9-18(19(16)13-15)21-14-17-7-3-4-10-20(17)22-21;1-2/h2-13H,14H2,1H3;1-2H3/b6-2+;. The molecule has 1 aliphatic heterocycles. The maximum atomic E-state index is 4.85. The minimum absolute atomic E-state index is 0.920. The van der Waals surface area contributed by atoms with Crippen LogP contribution in [0.15, 0.2) is 71.7 Å². The smallest absolute Gasteiger partial charge is 0.0669 e. The summed E-state index contributed by atoms with van der Waals surface area (Å²) in [7, 11) is 0. The second-order valence-electron chi connectivity index (χ2n) is 5.65. The fraction of sp³-hybridized carbons (Fsp3) is 0.174. The molecule has 0 saturated carbocycles. The molecule has 0 aliphatic carbocycles. The van der Waals surface area contributed by atoms with Crippen LogP contribution in [0, 0.1) is 0 Å². The summed E-state index contributed by atoms with van der Waals surface area (Å²) in [5, 5.41) is 2.55. The van der Waals surface area contributed by atoms with Gasteiger partial charge in [-0.25, -0.2) is 0 Å². The molecule has 0 spiro atoms. The van der Waals surface area contributed by atoms with Gasteiger partial charge in [-0.3, -0.25) is 4.99 Å². The van der Waals surface area contributed by atoms with Crippen LogP contribution in [-0.2, 0) is 6.42 Å². The molecule has 0 atom stereocenters. The predicted molar refractivity (Wildman–Crippen MR) is 106 cm³/mol. The molecule has 1 nitrogen and oxygen atoms in total. The van der Waals surface area contributed by atoms with Crippen molar-refractivity contribution in [3.63, 3.8) is 0 Å². The van der Waals surface area contributed by atoms with E-state index in [1.165, 1.54) is 33.2 Å². The van der Waals surface area contributed by atoms with Gasteiger partial charge >= 0.3 is 0 Å². The van der Waals surface area contributed by atoms with Crippen molar-refractivity contribution < 1.29 is 0 Å². The molecule has 3 aromatic rings. The number of hydrogen-bond donors (Lipinski definition) is 0. The summed E-state index contributed by atoms with van der Waals surface area (Å²) < 4.78 is 0. The van der Waals surface area contributed by atoms with Gasteiger partial charge in [0.2, 0.25) is 0 Å². The zero-order valence-electron chi connectivity index (χ0n) is 14.6. The molecule has 0 aromatic heterocycles. The average molecular weight is 313 g/mol. The van der Waals surface area contributed by atoms with Crippen molar-refractivity contribution in [2.24, 2.45) is 4.99 Å². The van der Waals surface area contributed by atoms with E-state index < -0.39 is 0 Å². The van der Waals surface area contributed by atoms with Crippen molar-refractivity contribution in [1.29, 1.82) is 0 Å². The molecule has 1 aliphatic rings. The Morgan fingerprint density at radius 3 is 2.54 bits per heavy atom. The van der Waals surface area contributed by atoms with Gasteiger partial charge < -0.3 is 0 Å². The van der Waals surface area contributed by atoms with Crippen LogP contribution in [0.2, 0.25) is 0 Å². The first kappa shape index (κ1) is 16.2. The van der Waals surface area contributed by atoms with Crippen LogP contribution in [0.5, 0.6) is 0 Å².